The molecule has 2 aromatic heterocycles. The molecule has 0 aliphatic carbocycles. The number of rotatable bonds is 3. The molecular formula is C12H13BrN2O2. The molecule has 0 saturated carbocycles. The number of aromatic nitrogens is 2. The van der Waals surface area contributed by atoms with Gasteiger partial charge in [0, 0.05) is 19.7 Å². The van der Waals surface area contributed by atoms with Crippen LogP contribution in [0.25, 0.3) is 10.9 Å². The molecule has 2 aromatic rings. The Labute approximate surface area is 107 Å². The molecule has 17 heavy (non-hydrogen) atoms. The summed E-state index contributed by atoms with van der Waals surface area (Å²) in [5.41, 5.74) is 1.09. The second-order valence-electron chi connectivity index (χ2n) is 4.04. The van der Waals surface area contributed by atoms with E-state index in [4.69, 9.17) is 0 Å². The zero-order chi connectivity index (χ0) is 12.6. The first kappa shape index (κ1) is 12.1. The highest BCUT2D eigenvalue weighted by Crippen LogP contribution is 2.21. The fraction of sp³-hybridized carbons (Fsp3) is 0.333. The summed E-state index contributed by atoms with van der Waals surface area (Å²) in [6.45, 7) is 1.95. The van der Waals surface area contributed by atoms with Crippen molar-refractivity contribution in [1.29, 1.82) is 0 Å². The van der Waals surface area contributed by atoms with Crippen LogP contribution >= 0.6 is 15.9 Å². The Kier molecular flexibility index (Phi) is 3.19. The van der Waals surface area contributed by atoms with Gasteiger partial charge in [0.25, 0.3) is 5.56 Å². The third-order valence-electron chi connectivity index (χ3n) is 2.69. The highest BCUT2D eigenvalue weighted by molar-refractivity contribution is 9.10. The van der Waals surface area contributed by atoms with Gasteiger partial charge in [-0.3, -0.25) is 9.59 Å². The van der Waals surface area contributed by atoms with Crippen molar-refractivity contribution in [2.75, 3.05) is 0 Å². The Hall–Kier alpha value is -1.36. The van der Waals surface area contributed by atoms with Gasteiger partial charge in [-0.25, -0.2) is 0 Å². The predicted molar refractivity (Wildman–Crippen MR) is 70.5 cm³/mol. The molecule has 0 aliphatic rings. The third-order valence-corrected chi connectivity index (χ3v) is 3.29. The van der Waals surface area contributed by atoms with Crippen LogP contribution in [0.4, 0.5) is 0 Å². The lowest BCUT2D eigenvalue weighted by molar-refractivity contribution is 0.0978. The Bertz CT molecular complexity index is 640. The molecule has 0 saturated heterocycles. The van der Waals surface area contributed by atoms with Gasteiger partial charge in [0.2, 0.25) is 0 Å². The molecule has 0 fully saturated rings. The quantitative estimate of drug-likeness (QED) is 0.885. The number of aromatic amines is 1. The Morgan fingerprint density at radius 1 is 1.53 bits per heavy atom. The SMILES string of the molecule is CCCC(=O)c1cc2c(=O)n(C)cc(Br)c2[nH]1. The first-order valence-electron chi connectivity index (χ1n) is 5.45. The molecule has 0 unspecified atom stereocenters. The molecule has 0 spiro atoms. The van der Waals surface area contributed by atoms with Crippen molar-refractivity contribution >= 4 is 32.6 Å². The van der Waals surface area contributed by atoms with Crippen molar-refractivity contribution in [2.24, 2.45) is 7.05 Å². The lowest BCUT2D eigenvalue weighted by Crippen LogP contribution is -2.15. The largest absolute Gasteiger partial charge is 0.351 e. The number of nitrogens with one attached hydrogen (secondary N) is 1. The Morgan fingerprint density at radius 3 is 2.88 bits per heavy atom. The predicted octanol–water partition coefficient (Wildman–Crippen LogP) is 2.61. The second kappa shape index (κ2) is 4.49. The zero-order valence-corrected chi connectivity index (χ0v) is 11.3. The van der Waals surface area contributed by atoms with Crippen LogP contribution in [0.3, 0.4) is 0 Å². The number of nitrogens with zero attached hydrogens (tertiary/aromatic N) is 1. The number of pyridine rings is 1. The molecule has 1 N–H and O–H groups in total. The first-order chi connectivity index (χ1) is 8.04. The van der Waals surface area contributed by atoms with Crippen LogP contribution in [0.1, 0.15) is 30.3 Å². The number of hydrogen-bond acceptors (Lipinski definition) is 2. The summed E-state index contributed by atoms with van der Waals surface area (Å²) >= 11 is 3.38. The Balaban J connectivity index is 2.65. The summed E-state index contributed by atoms with van der Waals surface area (Å²) < 4.78 is 2.28. The minimum Gasteiger partial charge on any atom is -0.351 e. The van der Waals surface area contributed by atoms with E-state index in [1.165, 1.54) is 4.57 Å². The van der Waals surface area contributed by atoms with E-state index in [9.17, 15) is 9.59 Å². The van der Waals surface area contributed by atoms with Crippen LogP contribution in [-0.2, 0) is 7.05 Å². The minimum absolute atomic E-state index is 0.0395. The maximum Gasteiger partial charge on any atom is 0.259 e. The number of hydrogen-bond donors (Lipinski definition) is 1. The zero-order valence-electron chi connectivity index (χ0n) is 9.71. The maximum absolute atomic E-state index is 11.9. The van der Waals surface area contributed by atoms with Gasteiger partial charge in [0.15, 0.2) is 5.78 Å². The van der Waals surface area contributed by atoms with Crippen LogP contribution < -0.4 is 5.56 Å². The fourth-order valence-corrected chi connectivity index (χ4v) is 2.43. The fourth-order valence-electron chi connectivity index (χ4n) is 1.81. The van der Waals surface area contributed by atoms with Gasteiger partial charge in [-0.15, -0.1) is 0 Å². The van der Waals surface area contributed by atoms with Gasteiger partial charge in [-0.2, -0.15) is 0 Å². The van der Waals surface area contributed by atoms with Gasteiger partial charge in [0.05, 0.1) is 21.1 Å². The van der Waals surface area contributed by atoms with Crippen molar-refractivity contribution < 1.29 is 4.79 Å². The molecule has 0 aliphatic heterocycles. The number of fused-ring (bicyclic) bond motifs is 1. The van der Waals surface area contributed by atoms with Gasteiger partial charge in [0.1, 0.15) is 0 Å². The molecule has 0 amide bonds. The number of carbonyl (C=O) groups is 1. The molecular weight excluding hydrogens is 284 g/mol. The highest BCUT2D eigenvalue weighted by Gasteiger charge is 2.13. The summed E-state index contributed by atoms with van der Waals surface area (Å²) in [7, 11) is 1.69. The molecule has 0 radical (unpaired) electrons. The summed E-state index contributed by atoms with van der Waals surface area (Å²) in [4.78, 5) is 26.7. The van der Waals surface area contributed by atoms with Crippen molar-refractivity contribution in [3.8, 4) is 0 Å². The number of halogens is 1. The third kappa shape index (κ3) is 2.07. The average Bonchev–Trinajstić information content (AvgIpc) is 2.72. The van der Waals surface area contributed by atoms with Crippen molar-refractivity contribution in [3.05, 3.63) is 32.8 Å². The average molecular weight is 297 g/mol. The second-order valence-corrected chi connectivity index (χ2v) is 4.89. The van der Waals surface area contributed by atoms with Crippen LogP contribution in [-0.4, -0.2) is 15.3 Å². The van der Waals surface area contributed by atoms with E-state index in [-0.39, 0.29) is 11.3 Å². The van der Waals surface area contributed by atoms with E-state index in [2.05, 4.69) is 20.9 Å². The number of ketones is 1. The highest BCUT2D eigenvalue weighted by atomic mass is 79.9. The van der Waals surface area contributed by atoms with Gasteiger partial charge in [-0.1, -0.05) is 6.92 Å². The molecule has 0 bridgehead atoms. The molecule has 2 heterocycles. The lowest BCUT2D eigenvalue weighted by atomic mass is 10.2. The van der Waals surface area contributed by atoms with E-state index < -0.39 is 0 Å². The van der Waals surface area contributed by atoms with E-state index in [1.807, 2.05) is 6.92 Å². The van der Waals surface area contributed by atoms with Gasteiger partial charge >= 0.3 is 0 Å². The lowest BCUT2D eigenvalue weighted by Gasteiger charge is -1.99. The summed E-state index contributed by atoms with van der Waals surface area (Å²) in [6, 6.07) is 1.64. The molecule has 0 atom stereocenters. The van der Waals surface area contributed by atoms with Crippen molar-refractivity contribution in [2.45, 2.75) is 19.8 Å². The van der Waals surface area contributed by atoms with Crippen LogP contribution in [0.15, 0.2) is 21.5 Å². The number of H-pyrrole nitrogens is 1. The molecule has 90 valence electrons. The molecule has 5 heteroatoms. The monoisotopic (exact) mass is 296 g/mol. The number of aryl methyl sites for hydroxylation is 1. The normalized spacial score (nSPS) is 11.0. The molecule has 2 rings (SSSR count). The summed E-state index contributed by atoms with van der Waals surface area (Å²) in [6.07, 6.45) is 2.98. The minimum atomic E-state index is -0.102. The van der Waals surface area contributed by atoms with Gasteiger partial charge in [-0.05, 0) is 28.4 Å². The van der Waals surface area contributed by atoms with Crippen LogP contribution in [0.5, 0.6) is 0 Å². The van der Waals surface area contributed by atoms with E-state index >= 15 is 0 Å². The van der Waals surface area contributed by atoms with Crippen molar-refractivity contribution in [1.82, 2.24) is 9.55 Å². The van der Waals surface area contributed by atoms with Crippen LogP contribution in [0, 0.1) is 0 Å². The standard InChI is InChI=1S/C12H13BrN2O2/c1-3-4-10(16)9-5-7-11(14-9)8(13)6-15(2)12(7)17/h5-6,14H,3-4H2,1-2H3. The first-order valence-corrected chi connectivity index (χ1v) is 6.25. The summed E-state index contributed by atoms with van der Waals surface area (Å²) in [5.74, 6) is 0.0395. The van der Waals surface area contributed by atoms with Gasteiger partial charge < -0.3 is 9.55 Å². The van der Waals surface area contributed by atoms with Crippen molar-refractivity contribution in [3.63, 3.8) is 0 Å². The van der Waals surface area contributed by atoms with Crippen LogP contribution in [0.2, 0.25) is 0 Å². The molecule has 0 aromatic carbocycles. The van der Waals surface area contributed by atoms with E-state index in [0.29, 0.717) is 23.0 Å². The van der Waals surface area contributed by atoms with E-state index in [1.54, 1.807) is 19.3 Å². The Morgan fingerprint density at radius 2 is 2.24 bits per heavy atom. The summed E-state index contributed by atoms with van der Waals surface area (Å²) in [5, 5.41) is 0.543. The smallest absolute Gasteiger partial charge is 0.259 e. The maximum atomic E-state index is 11.9. The topological polar surface area (TPSA) is 54.9 Å². The van der Waals surface area contributed by atoms with E-state index in [0.717, 1.165) is 10.9 Å². The number of carbonyl (C=O) groups excluding carboxylic acids is 1. The number of Topliss-reactive ketones (excluding diaryl/α,β-unsaturated/α-hetero) is 1. The molecule has 4 nitrogen and oxygen atoms in total.